The molecule has 0 saturated heterocycles. The molecule has 3 aromatic rings. The number of aryl methyl sites for hydroxylation is 1. The van der Waals surface area contributed by atoms with Crippen LogP contribution in [0.15, 0.2) is 54.6 Å². The van der Waals surface area contributed by atoms with Crippen LogP contribution in [0, 0.1) is 6.92 Å². The van der Waals surface area contributed by atoms with Crippen LogP contribution in [-0.2, 0) is 4.79 Å². The fourth-order valence-electron chi connectivity index (χ4n) is 2.94. The topological polar surface area (TPSA) is 78.9 Å². The molecule has 0 unspecified atom stereocenters. The highest BCUT2D eigenvalue weighted by Gasteiger charge is 2.08. The minimum absolute atomic E-state index is 0.0930. The SMILES string of the molecule is CC(=O)Nc1ccc(Nc2cc(Nc3ccccc3C(C)C)nc(C)n2)cc1. The summed E-state index contributed by atoms with van der Waals surface area (Å²) in [5.74, 6) is 2.42. The Bertz CT molecular complexity index is 967. The van der Waals surface area contributed by atoms with Crippen LogP contribution in [0.5, 0.6) is 0 Å². The first-order chi connectivity index (χ1) is 13.4. The summed E-state index contributed by atoms with van der Waals surface area (Å²) in [5.41, 5.74) is 3.91. The molecule has 0 atom stereocenters. The van der Waals surface area contributed by atoms with Crippen molar-refractivity contribution in [1.82, 2.24) is 9.97 Å². The van der Waals surface area contributed by atoms with Crippen molar-refractivity contribution in [2.24, 2.45) is 0 Å². The van der Waals surface area contributed by atoms with Crippen LogP contribution in [0.4, 0.5) is 28.7 Å². The zero-order chi connectivity index (χ0) is 20.1. The smallest absolute Gasteiger partial charge is 0.221 e. The van der Waals surface area contributed by atoms with E-state index in [1.807, 2.05) is 49.4 Å². The number of nitrogens with zero attached hydrogens (tertiary/aromatic N) is 2. The van der Waals surface area contributed by atoms with Crippen LogP contribution in [0.25, 0.3) is 0 Å². The van der Waals surface area contributed by atoms with Gasteiger partial charge in [0.2, 0.25) is 5.91 Å². The summed E-state index contributed by atoms with van der Waals surface area (Å²) in [6, 6.07) is 17.6. The van der Waals surface area contributed by atoms with Crippen molar-refractivity contribution in [3.05, 3.63) is 66.0 Å². The third kappa shape index (κ3) is 5.07. The summed E-state index contributed by atoms with van der Waals surface area (Å²) in [5, 5.41) is 9.45. The average Bonchev–Trinajstić information content (AvgIpc) is 2.63. The van der Waals surface area contributed by atoms with E-state index in [0.29, 0.717) is 17.6 Å². The van der Waals surface area contributed by atoms with E-state index in [4.69, 9.17) is 0 Å². The minimum atomic E-state index is -0.0930. The van der Waals surface area contributed by atoms with E-state index in [1.165, 1.54) is 12.5 Å². The number of anilines is 5. The van der Waals surface area contributed by atoms with Gasteiger partial charge in [0, 0.05) is 30.1 Å². The molecule has 144 valence electrons. The molecule has 6 nitrogen and oxygen atoms in total. The zero-order valence-electron chi connectivity index (χ0n) is 16.6. The molecule has 6 heteroatoms. The van der Waals surface area contributed by atoms with Crippen molar-refractivity contribution in [3.63, 3.8) is 0 Å². The van der Waals surface area contributed by atoms with Gasteiger partial charge in [0.1, 0.15) is 17.5 Å². The molecule has 3 N–H and O–H groups in total. The number of rotatable bonds is 6. The standard InChI is InChI=1S/C22H25N5O/c1-14(2)19-7-5-6-8-20(19)27-22-13-21(23-15(3)24-22)26-18-11-9-17(10-12-18)25-16(4)28/h5-14H,1-4H3,(H,25,28)(H2,23,24,26,27). The molecule has 0 saturated carbocycles. The Morgan fingerprint density at radius 3 is 2.14 bits per heavy atom. The molecule has 1 aromatic heterocycles. The molecule has 1 amide bonds. The van der Waals surface area contributed by atoms with Crippen molar-refractivity contribution >= 4 is 34.6 Å². The Balaban J connectivity index is 1.79. The maximum Gasteiger partial charge on any atom is 0.221 e. The predicted octanol–water partition coefficient (Wildman–Crippen LogP) is 5.35. The van der Waals surface area contributed by atoms with Crippen molar-refractivity contribution in [2.75, 3.05) is 16.0 Å². The number of amides is 1. The third-order valence-electron chi connectivity index (χ3n) is 4.16. The molecule has 0 aliphatic heterocycles. The molecule has 2 aromatic carbocycles. The van der Waals surface area contributed by atoms with Gasteiger partial charge in [-0.15, -0.1) is 0 Å². The van der Waals surface area contributed by atoms with E-state index in [-0.39, 0.29) is 5.91 Å². The van der Waals surface area contributed by atoms with Gasteiger partial charge in [-0.05, 0) is 48.7 Å². The summed E-state index contributed by atoms with van der Waals surface area (Å²) in [6.07, 6.45) is 0. The largest absolute Gasteiger partial charge is 0.340 e. The predicted molar refractivity (Wildman–Crippen MR) is 115 cm³/mol. The molecule has 0 aliphatic carbocycles. The first-order valence-corrected chi connectivity index (χ1v) is 9.27. The van der Waals surface area contributed by atoms with E-state index in [1.54, 1.807) is 0 Å². The molecule has 1 heterocycles. The molecule has 0 fully saturated rings. The normalized spacial score (nSPS) is 10.6. The summed E-state index contributed by atoms with van der Waals surface area (Å²) >= 11 is 0. The summed E-state index contributed by atoms with van der Waals surface area (Å²) in [6.45, 7) is 7.69. The summed E-state index contributed by atoms with van der Waals surface area (Å²) in [7, 11) is 0. The third-order valence-corrected chi connectivity index (χ3v) is 4.16. The minimum Gasteiger partial charge on any atom is -0.340 e. The molecule has 0 radical (unpaired) electrons. The van der Waals surface area contributed by atoms with E-state index >= 15 is 0 Å². The van der Waals surface area contributed by atoms with Crippen LogP contribution in [0.3, 0.4) is 0 Å². The lowest BCUT2D eigenvalue weighted by atomic mass is 10.0. The van der Waals surface area contributed by atoms with E-state index < -0.39 is 0 Å². The summed E-state index contributed by atoms with van der Waals surface area (Å²) in [4.78, 5) is 20.1. The average molecular weight is 375 g/mol. The summed E-state index contributed by atoms with van der Waals surface area (Å²) < 4.78 is 0. The van der Waals surface area contributed by atoms with Crippen molar-refractivity contribution in [2.45, 2.75) is 33.6 Å². The highest BCUT2D eigenvalue weighted by molar-refractivity contribution is 5.88. The van der Waals surface area contributed by atoms with Gasteiger partial charge in [0.25, 0.3) is 0 Å². The Labute approximate surface area is 165 Å². The van der Waals surface area contributed by atoms with Crippen LogP contribution < -0.4 is 16.0 Å². The molecule has 0 aliphatic rings. The second-order valence-electron chi connectivity index (χ2n) is 6.94. The number of hydrogen-bond donors (Lipinski definition) is 3. The van der Waals surface area contributed by atoms with Crippen molar-refractivity contribution < 1.29 is 4.79 Å². The highest BCUT2D eigenvalue weighted by Crippen LogP contribution is 2.27. The number of para-hydroxylation sites is 1. The molecule has 3 rings (SSSR count). The first-order valence-electron chi connectivity index (χ1n) is 9.27. The van der Waals surface area contributed by atoms with E-state index in [9.17, 15) is 4.79 Å². The van der Waals surface area contributed by atoms with Gasteiger partial charge in [-0.2, -0.15) is 0 Å². The Kier molecular flexibility index (Phi) is 5.89. The lowest BCUT2D eigenvalue weighted by Crippen LogP contribution is -2.05. The van der Waals surface area contributed by atoms with Gasteiger partial charge in [0.15, 0.2) is 0 Å². The number of carbonyl (C=O) groups excluding carboxylic acids is 1. The van der Waals surface area contributed by atoms with Crippen molar-refractivity contribution in [3.8, 4) is 0 Å². The highest BCUT2D eigenvalue weighted by atomic mass is 16.1. The molecule has 28 heavy (non-hydrogen) atoms. The lowest BCUT2D eigenvalue weighted by Gasteiger charge is -2.15. The maximum absolute atomic E-state index is 11.1. The van der Waals surface area contributed by atoms with Gasteiger partial charge in [-0.1, -0.05) is 32.0 Å². The monoisotopic (exact) mass is 375 g/mol. The van der Waals surface area contributed by atoms with E-state index in [0.717, 1.165) is 22.9 Å². The van der Waals surface area contributed by atoms with Crippen LogP contribution in [0.1, 0.15) is 38.1 Å². The molecular formula is C22H25N5O. The number of benzene rings is 2. The lowest BCUT2D eigenvalue weighted by molar-refractivity contribution is -0.114. The number of aromatic nitrogens is 2. The van der Waals surface area contributed by atoms with Crippen LogP contribution >= 0.6 is 0 Å². The molecular weight excluding hydrogens is 350 g/mol. The van der Waals surface area contributed by atoms with Gasteiger partial charge in [0.05, 0.1) is 0 Å². The Morgan fingerprint density at radius 2 is 1.50 bits per heavy atom. The number of nitrogens with one attached hydrogen (secondary N) is 3. The molecule has 0 bridgehead atoms. The zero-order valence-corrected chi connectivity index (χ0v) is 16.6. The Hall–Kier alpha value is -3.41. The van der Waals surface area contributed by atoms with Crippen molar-refractivity contribution in [1.29, 1.82) is 0 Å². The van der Waals surface area contributed by atoms with Gasteiger partial charge >= 0.3 is 0 Å². The van der Waals surface area contributed by atoms with Crippen LogP contribution in [-0.4, -0.2) is 15.9 Å². The second kappa shape index (κ2) is 8.52. The number of hydrogen-bond acceptors (Lipinski definition) is 5. The quantitative estimate of drug-likeness (QED) is 0.541. The van der Waals surface area contributed by atoms with Gasteiger partial charge in [-0.3, -0.25) is 4.79 Å². The second-order valence-corrected chi connectivity index (χ2v) is 6.94. The van der Waals surface area contributed by atoms with E-state index in [2.05, 4.69) is 51.9 Å². The maximum atomic E-state index is 11.1. The Morgan fingerprint density at radius 1 is 0.893 bits per heavy atom. The fraction of sp³-hybridized carbons (Fsp3) is 0.227. The van der Waals surface area contributed by atoms with Gasteiger partial charge < -0.3 is 16.0 Å². The number of carbonyl (C=O) groups is 1. The fourth-order valence-corrected chi connectivity index (χ4v) is 2.94. The van der Waals surface area contributed by atoms with Crippen LogP contribution in [0.2, 0.25) is 0 Å². The first kappa shape index (κ1) is 19.4. The molecule has 0 spiro atoms. The van der Waals surface area contributed by atoms with Gasteiger partial charge in [-0.25, -0.2) is 9.97 Å².